The molecule has 1 unspecified atom stereocenters. The first-order valence-electron chi connectivity index (χ1n) is 7.50. The molecule has 0 amide bonds. The van der Waals surface area contributed by atoms with Gasteiger partial charge >= 0.3 is 0 Å². The predicted octanol–water partition coefficient (Wildman–Crippen LogP) is 3.83. The summed E-state index contributed by atoms with van der Waals surface area (Å²) in [6, 6.07) is 2.18. The molecule has 1 aliphatic rings. The van der Waals surface area contributed by atoms with Gasteiger partial charge in [0.15, 0.2) is 0 Å². The lowest BCUT2D eigenvalue weighted by Gasteiger charge is -2.09. The van der Waals surface area contributed by atoms with Crippen molar-refractivity contribution in [2.24, 2.45) is 0 Å². The molecule has 0 bridgehead atoms. The Balaban J connectivity index is 1.69. The lowest BCUT2D eigenvalue weighted by atomic mass is 10.1. The summed E-state index contributed by atoms with van der Waals surface area (Å²) in [6.45, 7) is 2.73. The molecule has 1 saturated heterocycles. The first kappa shape index (κ1) is 15.5. The van der Waals surface area contributed by atoms with Crippen molar-refractivity contribution in [1.82, 2.24) is 0 Å². The SMILES string of the molecule is N#CCCCCCCCOCCCC1CCCO1. The number of hydrogen-bond donors (Lipinski definition) is 0. The minimum absolute atomic E-state index is 0.508. The molecule has 0 aromatic heterocycles. The lowest BCUT2D eigenvalue weighted by molar-refractivity contribution is 0.0808. The monoisotopic (exact) mass is 253 g/mol. The molecule has 0 aromatic rings. The Kier molecular flexibility index (Phi) is 9.88. The molecule has 18 heavy (non-hydrogen) atoms. The quantitative estimate of drug-likeness (QED) is 0.526. The third kappa shape index (κ3) is 8.49. The highest BCUT2D eigenvalue weighted by Gasteiger charge is 2.14. The van der Waals surface area contributed by atoms with E-state index in [-0.39, 0.29) is 0 Å². The summed E-state index contributed by atoms with van der Waals surface area (Å²) in [5.41, 5.74) is 0. The molecular weight excluding hydrogens is 226 g/mol. The van der Waals surface area contributed by atoms with Crippen LogP contribution in [0.15, 0.2) is 0 Å². The number of rotatable bonds is 11. The van der Waals surface area contributed by atoms with Crippen molar-refractivity contribution in [1.29, 1.82) is 5.26 Å². The van der Waals surface area contributed by atoms with E-state index in [2.05, 4.69) is 6.07 Å². The van der Waals surface area contributed by atoms with Crippen molar-refractivity contribution < 1.29 is 9.47 Å². The van der Waals surface area contributed by atoms with Gasteiger partial charge in [0.2, 0.25) is 0 Å². The Morgan fingerprint density at radius 2 is 1.83 bits per heavy atom. The summed E-state index contributed by atoms with van der Waals surface area (Å²) >= 11 is 0. The van der Waals surface area contributed by atoms with Crippen LogP contribution in [0.25, 0.3) is 0 Å². The van der Waals surface area contributed by atoms with Gasteiger partial charge in [0, 0.05) is 26.2 Å². The fraction of sp³-hybridized carbons (Fsp3) is 0.933. The molecule has 1 fully saturated rings. The Labute approximate surface area is 111 Å². The van der Waals surface area contributed by atoms with Crippen LogP contribution in [0.4, 0.5) is 0 Å². The highest BCUT2D eigenvalue weighted by molar-refractivity contribution is 4.67. The zero-order valence-electron chi connectivity index (χ0n) is 11.5. The molecular formula is C15H27NO2. The summed E-state index contributed by atoms with van der Waals surface area (Å²) in [5.74, 6) is 0. The lowest BCUT2D eigenvalue weighted by Crippen LogP contribution is -2.06. The molecule has 0 radical (unpaired) electrons. The zero-order chi connectivity index (χ0) is 12.9. The third-order valence-electron chi connectivity index (χ3n) is 3.42. The molecule has 1 heterocycles. The summed E-state index contributed by atoms with van der Waals surface area (Å²) in [7, 11) is 0. The maximum atomic E-state index is 8.39. The molecule has 104 valence electrons. The van der Waals surface area contributed by atoms with Crippen molar-refractivity contribution in [3.63, 3.8) is 0 Å². The van der Waals surface area contributed by atoms with E-state index in [1.165, 1.54) is 32.1 Å². The third-order valence-corrected chi connectivity index (χ3v) is 3.42. The maximum Gasteiger partial charge on any atom is 0.0621 e. The minimum Gasteiger partial charge on any atom is -0.381 e. The van der Waals surface area contributed by atoms with E-state index in [0.717, 1.165) is 45.5 Å². The molecule has 1 aliphatic heterocycles. The van der Waals surface area contributed by atoms with Crippen LogP contribution in [0, 0.1) is 11.3 Å². The van der Waals surface area contributed by atoms with Gasteiger partial charge in [-0.2, -0.15) is 5.26 Å². The zero-order valence-corrected chi connectivity index (χ0v) is 11.5. The van der Waals surface area contributed by atoms with Crippen molar-refractivity contribution >= 4 is 0 Å². The predicted molar refractivity (Wildman–Crippen MR) is 72.3 cm³/mol. The van der Waals surface area contributed by atoms with E-state index < -0.39 is 0 Å². The number of hydrogen-bond acceptors (Lipinski definition) is 3. The van der Waals surface area contributed by atoms with E-state index in [4.69, 9.17) is 14.7 Å². The second-order valence-electron chi connectivity index (χ2n) is 5.07. The van der Waals surface area contributed by atoms with Gasteiger partial charge in [-0.1, -0.05) is 19.3 Å². The topological polar surface area (TPSA) is 42.2 Å². The number of nitrogens with zero attached hydrogens (tertiary/aromatic N) is 1. The molecule has 0 N–H and O–H groups in total. The highest BCUT2D eigenvalue weighted by Crippen LogP contribution is 2.16. The van der Waals surface area contributed by atoms with Gasteiger partial charge in [0.05, 0.1) is 12.2 Å². The largest absolute Gasteiger partial charge is 0.381 e. The Hall–Kier alpha value is -0.590. The van der Waals surface area contributed by atoms with Crippen LogP contribution in [-0.4, -0.2) is 25.9 Å². The van der Waals surface area contributed by atoms with Crippen LogP contribution >= 0.6 is 0 Å². The smallest absolute Gasteiger partial charge is 0.0621 e. The van der Waals surface area contributed by atoms with Crippen molar-refractivity contribution in [2.75, 3.05) is 19.8 Å². The van der Waals surface area contributed by atoms with Gasteiger partial charge in [-0.15, -0.1) is 0 Å². The molecule has 3 heteroatoms. The number of unbranched alkanes of at least 4 members (excludes halogenated alkanes) is 5. The fourth-order valence-corrected chi connectivity index (χ4v) is 2.33. The maximum absolute atomic E-state index is 8.39. The van der Waals surface area contributed by atoms with Crippen LogP contribution in [0.5, 0.6) is 0 Å². The Bertz CT molecular complexity index is 219. The van der Waals surface area contributed by atoms with E-state index in [9.17, 15) is 0 Å². The molecule has 1 atom stereocenters. The average Bonchev–Trinajstić information content (AvgIpc) is 2.89. The van der Waals surface area contributed by atoms with Gasteiger partial charge in [-0.25, -0.2) is 0 Å². The molecule has 1 rings (SSSR count). The highest BCUT2D eigenvalue weighted by atomic mass is 16.5. The molecule has 0 spiro atoms. The van der Waals surface area contributed by atoms with E-state index in [1.807, 2.05) is 0 Å². The summed E-state index contributed by atoms with van der Waals surface area (Å²) in [5, 5.41) is 8.39. The van der Waals surface area contributed by atoms with E-state index >= 15 is 0 Å². The van der Waals surface area contributed by atoms with Crippen LogP contribution in [0.2, 0.25) is 0 Å². The number of ether oxygens (including phenoxy) is 2. The Morgan fingerprint density at radius 3 is 2.61 bits per heavy atom. The first-order chi connectivity index (χ1) is 8.93. The first-order valence-corrected chi connectivity index (χ1v) is 7.50. The van der Waals surface area contributed by atoms with Crippen molar-refractivity contribution in [2.45, 2.75) is 70.3 Å². The molecule has 0 saturated carbocycles. The van der Waals surface area contributed by atoms with Crippen molar-refractivity contribution in [3.05, 3.63) is 0 Å². The summed E-state index contributed by atoms with van der Waals surface area (Å²) in [4.78, 5) is 0. The van der Waals surface area contributed by atoms with Crippen molar-refractivity contribution in [3.8, 4) is 6.07 Å². The number of nitriles is 1. The standard InChI is InChI=1S/C15H27NO2/c16-11-5-3-1-2-4-6-12-17-13-7-9-15-10-8-14-18-15/h15H,1-10,12-14H2. The van der Waals surface area contributed by atoms with E-state index in [1.54, 1.807) is 0 Å². The van der Waals surface area contributed by atoms with Gasteiger partial charge in [0.25, 0.3) is 0 Å². The van der Waals surface area contributed by atoms with Crippen LogP contribution in [-0.2, 0) is 9.47 Å². The van der Waals surface area contributed by atoms with Gasteiger partial charge in [-0.3, -0.25) is 0 Å². The second-order valence-corrected chi connectivity index (χ2v) is 5.07. The van der Waals surface area contributed by atoms with E-state index in [0.29, 0.717) is 12.5 Å². The van der Waals surface area contributed by atoms with Gasteiger partial charge in [-0.05, 0) is 38.5 Å². The van der Waals surface area contributed by atoms with Crippen LogP contribution < -0.4 is 0 Å². The van der Waals surface area contributed by atoms with Gasteiger partial charge < -0.3 is 9.47 Å². The summed E-state index contributed by atoms with van der Waals surface area (Å²) in [6.07, 6.45) is 11.9. The Morgan fingerprint density at radius 1 is 1.06 bits per heavy atom. The average molecular weight is 253 g/mol. The second kappa shape index (κ2) is 11.5. The van der Waals surface area contributed by atoms with Crippen LogP contribution in [0.3, 0.4) is 0 Å². The fourth-order valence-electron chi connectivity index (χ4n) is 2.33. The molecule has 0 aliphatic carbocycles. The minimum atomic E-state index is 0.508. The van der Waals surface area contributed by atoms with Gasteiger partial charge in [0.1, 0.15) is 0 Å². The molecule has 0 aromatic carbocycles. The summed E-state index contributed by atoms with van der Waals surface area (Å²) < 4.78 is 11.2. The molecule has 3 nitrogen and oxygen atoms in total. The van der Waals surface area contributed by atoms with Crippen LogP contribution in [0.1, 0.15) is 64.2 Å². The normalized spacial score (nSPS) is 18.9.